The summed E-state index contributed by atoms with van der Waals surface area (Å²) in [5, 5.41) is 11.9. The van der Waals surface area contributed by atoms with Crippen molar-refractivity contribution in [2.24, 2.45) is 5.41 Å². The number of carboxylic acid groups (broad SMARTS) is 1. The molecule has 1 aliphatic rings. The highest BCUT2D eigenvalue weighted by atomic mass is 16.4. The van der Waals surface area contributed by atoms with Gasteiger partial charge in [-0.25, -0.2) is 0 Å². The molecule has 4 heteroatoms. The first-order valence-electron chi connectivity index (χ1n) is 5.54. The third kappa shape index (κ3) is 3.08. The average Bonchev–Trinajstić information content (AvgIpc) is 2.97. The van der Waals surface area contributed by atoms with Crippen LogP contribution in [0.1, 0.15) is 40.0 Å². The van der Waals surface area contributed by atoms with E-state index in [4.69, 9.17) is 5.11 Å². The van der Waals surface area contributed by atoms with Crippen LogP contribution in [0.5, 0.6) is 0 Å². The van der Waals surface area contributed by atoms with Crippen molar-refractivity contribution in [2.45, 2.75) is 46.1 Å². The normalized spacial score (nSPS) is 18.4. The third-order valence-corrected chi connectivity index (χ3v) is 2.80. The molecular weight excluding hydrogens is 206 g/mol. The Morgan fingerprint density at radius 3 is 2.38 bits per heavy atom. The fourth-order valence-corrected chi connectivity index (χ4v) is 1.26. The lowest BCUT2D eigenvalue weighted by Gasteiger charge is -2.22. The molecule has 0 saturated heterocycles. The number of aliphatic carboxylic acids is 1. The smallest absolute Gasteiger partial charge is 0.319 e. The number of carboxylic acids is 1. The zero-order valence-corrected chi connectivity index (χ0v) is 10.0. The molecule has 4 nitrogen and oxygen atoms in total. The van der Waals surface area contributed by atoms with Crippen LogP contribution in [-0.2, 0) is 9.59 Å². The molecule has 0 aromatic rings. The van der Waals surface area contributed by atoms with Crippen LogP contribution in [0.3, 0.4) is 0 Å². The molecule has 1 rings (SSSR count). The lowest BCUT2D eigenvalue weighted by Crippen LogP contribution is -2.45. The van der Waals surface area contributed by atoms with Crippen LogP contribution in [0, 0.1) is 5.41 Å². The number of hydrogen-bond donors (Lipinski definition) is 2. The highest BCUT2D eigenvalue weighted by Gasteiger charge is 2.42. The average molecular weight is 225 g/mol. The Balaban J connectivity index is 2.73. The second-order valence-electron chi connectivity index (χ2n) is 4.87. The Labute approximate surface area is 95.7 Å². The van der Waals surface area contributed by atoms with Crippen molar-refractivity contribution in [2.75, 3.05) is 0 Å². The fraction of sp³-hybridized carbons (Fsp3) is 0.667. The van der Waals surface area contributed by atoms with Gasteiger partial charge in [-0.15, -0.1) is 0 Å². The number of carbonyl (C=O) groups excluding carboxylic acids is 1. The van der Waals surface area contributed by atoms with E-state index in [-0.39, 0.29) is 18.4 Å². The van der Waals surface area contributed by atoms with Gasteiger partial charge in [0.15, 0.2) is 0 Å². The summed E-state index contributed by atoms with van der Waals surface area (Å²) < 4.78 is 0. The van der Waals surface area contributed by atoms with Crippen molar-refractivity contribution in [3.63, 3.8) is 0 Å². The molecule has 1 atom stereocenters. The summed E-state index contributed by atoms with van der Waals surface area (Å²) in [4.78, 5) is 23.0. The molecule has 0 bridgehead atoms. The first kappa shape index (κ1) is 12.7. The Morgan fingerprint density at radius 2 is 2.00 bits per heavy atom. The number of rotatable bonds is 5. The molecule has 1 fully saturated rings. The lowest BCUT2D eigenvalue weighted by molar-refractivity contribution is -0.154. The van der Waals surface area contributed by atoms with E-state index in [1.165, 1.54) is 6.92 Å². The van der Waals surface area contributed by atoms with Crippen LogP contribution in [-0.4, -0.2) is 23.0 Å². The fourth-order valence-electron chi connectivity index (χ4n) is 1.26. The Bertz CT molecular complexity index is 327. The van der Waals surface area contributed by atoms with Crippen LogP contribution in [0.4, 0.5) is 0 Å². The van der Waals surface area contributed by atoms with Crippen molar-refractivity contribution < 1.29 is 14.7 Å². The lowest BCUT2D eigenvalue weighted by atomic mass is 9.85. The van der Waals surface area contributed by atoms with Gasteiger partial charge >= 0.3 is 5.97 Å². The zero-order chi connectivity index (χ0) is 12.3. The van der Waals surface area contributed by atoms with Gasteiger partial charge in [-0.1, -0.05) is 11.6 Å². The molecule has 0 radical (unpaired) electrons. The van der Waals surface area contributed by atoms with Gasteiger partial charge in [0.25, 0.3) is 0 Å². The number of amides is 1. The summed E-state index contributed by atoms with van der Waals surface area (Å²) >= 11 is 0. The molecule has 0 aromatic heterocycles. The van der Waals surface area contributed by atoms with Crippen LogP contribution < -0.4 is 5.32 Å². The number of allylic oxidation sites excluding steroid dienone is 2. The number of hydrogen-bond acceptors (Lipinski definition) is 2. The minimum atomic E-state index is -1.35. The van der Waals surface area contributed by atoms with Crippen molar-refractivity contribution in [1.82, 2.24) is 5.32 Å². The standard InChI is InChI=1S/C12H19NO3/c1-8(2)6-7-12(3,11(15)16)10(14)13-9-4-5-9/h6,9H,4-5,7H2,1-3H3,(H,13,14)(H,15,16). The van der Waals surface area contributed by atoms with Gasteiger partial charge in [0.2, 0.25) is 5.91 Å². The Morgan fingerprint density at radius 1 is 1.44 bits per heavy atom. The maximum atomic E-state index is 11.8. The Kier molecular flexibility index (Phi) is 3.73. The summed E-state index contributed by atoms with van der Waals surface area (Å²) in [7, 11) is 0. The number of nitrogens with one attached hydrogen (secondary N) is 1. The SMILES string of the molecule is CC(C)=CCC(C)(C(=O)O)C(=O)NC1CC1. The molecule has 0 aliphatic heterocycles. The summed E-state index contributed by atoms with van der Waals surface area (Å²) in [5.41, 5.74) is -0.327. The van der Waals surface area contributed by atoms with Crippen LogP contribution in [0.25, 0.3) is 0 Å². The topological polar surface area (TPSA) is 66.4 Å². The monoisotopic (exact) mass is 225 g/mol. The largest absolute Gasteiger partial charge is 0.480 e. The molecule has 1 unspecified atom stereocenters. The second-order valence-corrected chi connectivity index (χ2v) is 4.87. The molecule has 1 amide bonds. The molecule has 16 heavy (non-hydrogen) atoms. The van der Waals surface area contributed by atoms with Crippen LogP contribution in [0.15, 0.2) is 11.6 Å². The molecule has 0 spiro atoms. The van der Waals surface area contributed by atoms with Gasteiger partial charge in [0.05, 0.1) is 0 Å². The molecule has 0 aromatic carbocycles. The van der Waals surface area contributed by atoms with Crippen LogP contribution >= 0.6 is 0 Å². The highest BCUT2D eigenvalue weighted by Crippen LogP contribution is 2.27. The van der Waals surface area contributed by atoms with E-state index in [1.807, 2.05) is 13.8 Å². The first-order valence-corrected chi connectivity index (χ1v) is 5.54. The molecule has 1 aliphatic carbocycles. The van der Waals surface area contributed by atoms with Gasteiger partial charge in [-0.05, 0) is 40.0 Å². The minimum absolute atomic E-state index is 0.192. The predicted molar refractivity (Wildman–Crippen MR) is 61.0 cm³/mol. The molecule has 90 valence electrons. The van der Waals surface area contributed by atoms with E-state index in [9.17, 15) is 9.59 Å². The first-order chi connectivity index (χ1) is 7.36. The predicted octanol–water partition coefficient (Wildman–Crippen LogP) is 1.71. The quantitative estimate of drug-likeness (QED) is 0.553. The van der Waals surface area contributed by atoms with E-state index < -0.39 is 11.4 Å². The highest BCUT2D eigenvalue weighted by molar-refractivity contribution is 6.01. The van der Waals surface area contributed by atoms with Gasteiger partial charge in [-0.2, -0.15) is 0 Å². The zero-order valence-electron chi connectivity index (χ0n) is 10.0. The summed E-state index contributed by atoms with van der Waals surface area (Å²) in [6, 6.07) is 0.192. The van der Waals surface area contributed by atoms with Crippen LogP contribution in [0.2, 0.25) is 0 Å². The summed E-state index contributed by atoms with van der Waals surface area (Å²) in [5.74, 6) is -1.44. The maximum absolute atomic E-state index is 11.8. The number of carbonyl (C=O) groups is 2. The van der Waals surface area contributed by atoms with Gasteiger partial charge in [0.1, 0.15) is 5.41 Å². The van der Waals surface area contributed by atoms with Gasteiger partial charge in [-0.3, -0.25) is 9.59 Å². The van der Waals surface area contributed by atoms with Crippen molar-refractivity contribution >= 4 is 11.9 Å². The van der Waals surface area contributed by atoms with E-state index >= 15 is 0 Å². The van der Waals surface area contributed by atoms with Gasteiger partial charge < -0.3 is 10.4 Å². The molecule has 2 N–H and O–H groups in total. The summed E-state index contributed by atoms with van der Waals surface area (Å²) in [6.45, 7) is 5.26. The van der Waals surface area contributed by atoms with Crippen molar-refractivity contribution in [3.8, 4) is 0 Å². The van der Waals surface area contributed by atoms with E-state index in [0.717, 1.165) is 18.4 Å². The minimum Gasteiger partial charge on any atom is -0.480 e. The van der Waals surface area contributed by atoms with E-state index in [2.05, 4.69) is 5.32 Å². The van der Waals surface area contributed by atoms with Gasteiger partial charge in [0, 0.05) is 6.04 Å². The second kappa shape index (κ2) is 4.68. The van der Waals surface area contributed by atoms with E-state index in [0.29, 0.717) is 0 Å². The van der Waals surface area contributed by atoms with Crippen molar-refractivity contribution in [1.29, 1.82) is 0 Å². The molecule has 1 saturated carbocycles. The summed E-state index contributed by atoms with van der Waals surface area (Å²) in [6.07, 6.45) is 3.96. The Hall–Kier alpha value is -1.32. The van der Waals surface area contributed by atoms with E-state index in [1.54, 1.807) is 6.08 Å². The molecular formula is C12H19NO3. The third-order valence-electron chi connectivity index (χ3n) is 2.80. The maximum Gasteiger partial charge on any atom is 0.319 e. The van der Waals surface area contributed by atoms with Crippen molar-refractivity contribution in [3.05, 3.63) is 11.6 Å². The molecule has 0 heterocycles.